The van der Waals surface area contributed by atoms with E-state index in [9.17, 15) is 9.59 Å². The monoisotopic (exact) mass is 478 g/mol. The van der Waals surface area contributed by atoms with Crippen molar-refractivity contribution in [3.8, 4) is 10.6 Å². The highest BCUT2D eigenvalue weighted by Crippen LogP contribution is 2.28. The molecule has 1 aromatic heterocycles. The molecule has 0 aliphatic carbocycles. The first-order chi connectivity index (χ1) is 14.1. The predicted octanol–water partition coefficient (Wildman–Crippen LogP) is 5.26. The molecule has 1 fully saturated rings. The first kappa shape index (κ1) is 21.9. The number of nitrogens with zero attached hydrogens (tertiary/aromatic N) is 3. The van der Waals surface area contributed by atoms with Crippen LogP contribution in [0.4, 0.5) is 5.13 Å². The van der Waals surface area contributed by atoms with Gasteiger partial charge in [-0.05, 0) is 31.4 Å². The number of rotatable bonds is 9. The smallest absolute Gasteiger partial charge is 0.249 e. The maximum Gasteiger partial charge on any atom is 0.249 e. The quantitative estimate of drug-likeness (QED) is 0.498. The number of carbonyl (C=O) groups excluding carboxylic acids is 2. The van der Waals surface area contributed by atoms with Gasteiger partial charge in [-0.15, -0.1) is 10.2 Å². The number of aromatic nitrogens is 2. The highest BCUT2D eigenvalue weighted by atomic mass is 79.9. The van der Waals surface area contributed by atoms with Crippen LogP contribution in [0.15, 0.2) is 28.7 Å². The number of hydrogen-bond donors (Lipinski definition) is 1. The topological polar surface area (TPSA) is 75.2 Å². The highest BCUT2D eigenvalue weighted by molar-refractivity contribution is 9.10. The van der Waals surface area contributed by atoms with E-state index in [1.165, 1.54) is 30.6 Å². The van der Waals surface area contributed by atoms with E-state index in [1.54, 1.807) is 4.90 Å². The molecular formula is C21H27BrN4O2S. The molecule has 1 aromatic carbocycles. The molecule has 8 heteroatoms. The molecule has 1 aliphatic rings. The minimum atomic E-state index is -0.404. The predicted molar refractivity (Wildman–Crippen MR) is 120 cm³/mol. The molecule has 6 nitrogen and oxygen atoms in total. The second-order valence-corrected chi connectivity index (χ2v) is 9.21. The summed E-state index contributed by atoms with van der Waals surface area (Å²) in [5.41, 5.74) is 0.951. The summed E-state index contributed by atoms with van der Waals surface area (Å²) in [6, 6.07) is 7.39. The third kappa shape index (κ3) is 6.09. The van der Waals surface area contributed by atoms with Crippen molar-refractivity contribution in [3.63, 3.8) is 0 Å². The normalized spacial score (nSPS) is 16.2. The van der Waals surface area contributed by atoms with E-state index in [2.05, 4.69) is 38.4 Å². The van der Waals surface area contributed by atoms with Crippen LogP contribution in [-0.2, 0) is 9.59 Å². The summed E-state index contributed by atoms with van der Waals surface area (Å²) in [7, 11) is 0. The van der Waals surface area contributed by atoms with Gasteiger partial charge in [-0.1, -0.05) is 72.0 Å². The van der Waals surface area contributed by atoms with Gasteiger partial charge in [0.1, 0.15) is 11.0 Å². The highest BCUT2D eigenvalue weighted by Gasteiger charge is 2.34. The van der Waals surface area contributed by atoms with Gasteiger partial charge in [0.15, 0.2) is 0 Å². The van der Waals surface area contributed by atoms with Crippen molar-refractivity contribution in [2.24, 2.45) is 0 Å². The molecule has 2 aromatic rings. The number of likely N-dealkylation sites (tertiary alicyclic amines) is 1. The Balaban J connectivity index is 1.54. The number of benzene rings is 1. The molecule has 2 amide bonds. The first-order valence-electron chi connectivity index (χ1n) is 10.3. The molecule has 1 saturated heterocycles. The van der Waals surface area contributed by atoms with E-state index in [1.807, 2.05) is 24.3 Å². The summed E-state index contributed by atoms with van der Waals surface area (Å²) < 4.78 is 0.996. The van der Waals surface area contributed by atoms with Crippen LogP contribution in [0, 0.1) is 0 Å². The van der Waals surface area contributed by atoms with Gasteiger partial charge in [0.25, 0.3) is 0 Å². The molecule has 2 heterocycles. The zero-order valence-electron chi connectivity index (χ0n) is 16.7. The molecule has 0 radical (unpaired) electrons. The molecule has 1 N–H and O–H groups in total. The van der Waals surface area contributed by atoms with Crippen LogP contribution in [0.1, 0.15) is 58.3 Å². The zero-order valence-corrected chi connectivity index (χ0v) is 19.1. The molecule has 156 valence electrons. The fraction of sp³-hybridized carbons (Fsp3) is 0.524. The standard InChI is InChI=1S/C21H27BrN4O2S/c1-2-3-4-5-6-9-18(27)26-14-7-8-17(26)19(28)23-21-25-24-20(29-21)15-10-12-16(22)13-11-15/h10-13,17H,2-9,14H2,1H3,(H,23,25,28)/t17-/m1/s1. The zero-order chi connectivity index (χ0) is 20.6. The Bertz CT molecular complexity index is 824. The number of nitrogens with one attached hydrogen (secondary N) is 1. The van der Waals surface area contributed by atoms with E-state index < -0.39 is 6.04 Å². The van der Waals surface area contributed by atoms with Crippen LogP contribution in [0.2, 0.25) is 0 Å². The Labute approximate surface area is 184 Å². The van der Waals surface area contributed by atoms with Gasteiger partial charge in [-0.25, -0.2) is 0 Å². The van der Waals surface area contributed by atoms with Crippen LogP contribution in [-0.4, -0.2) is 39.5 Å². The molecule has 1 aliphatic heterocycles. The summed E-state index contributed by atoms with van der Waals surface area (Å²) in [5.74, 6) is -0.0766. The van der Waals surface area contributed by atoms with Gasteiger partial charge < -0.3 is 4.90 Å². The second kappa shape index (κ2) is 10.8. The van der Waals surface area contributed by atoms with Crippen LogP contribution in [0.25, 0.3) is 10.6 Å². The Morgan fingerprint density at radius 3 is 2.69 bits per heavy atom. The van der Waals surface area contributed by atoms with Gasteiger partial charge in [-0.3, -0.25) is 14.9 Å². The Kier molecular flexibility index (Phi) is 8.18. The number of carbonyl (C=O) groups is 2. The minimum Gasteiger partial charge on any atom is -0.331 e. The third-order valence-corrected chi connectivity index (χ3v) is 6.53. The lowest BCUT2D eigenvalue weighted by molar-refractivity contribution is -0.136. The SMILES string of the molecule is CCCCCCCC(=O)N1CCC[C@@H]1C(=O)Nc1nnc(-c2ccc(Br)cc2)s1. The van der Waals surface area contributed by atoms with Crippen molar-refractivity contribution in [1.82, 2.24) is 15.1 Å². The maximum absolute atomic E-state index is 12.8. The third-order valence-electron chi connectivity index (χ3n) is 5.12. The lowest BCUT2D eigenvalue weighted by Crippen LogP contribution is -2.43. The first-order valence-corrected chi connectivity index (χ1v) is 11.9. The molecule has 0 bridgehead atoms. The van der Waals surface area contributed by atoms with E-state index in [4.69, 9.17) is 0 Å². The number of halogens is 1. The molecule has 0 unspecified atom stereocenters. The van der Waals surface area contributed by atoms with Gasteiger partial charge >= 0.3 is 0 Å². The molecular weight excluding hydrogens is 452 g/mol. The van der Waals surface area contributed by atoms with Crippen molar-refractivity contribution in [2.75, 3.05) is 11.9 Å². The largest absolute Gasteiger partial charge is 0.331 e. The summed E-state index contributed by atoms with van der Waals surface area (Å²) in [4.78, 5) is 27.1. The lowest BCUT2D eigenvalue weighted by atomic mass is 10.1. The van der Waals surface area contributed by atoms with Gasteiger partial charge in [0.05, 0.1) is 0 Å². The number of anilines is 1. The summed E-state index contributed by atoms with van der Waals surface area (Å²) in [6.45, 7) is 2.84. The molecule has 0 saturated carbocycles. The van der Waals surface area contributed by atoms with E-state index in [0.29, 0.717) is 24.5 Å². The van der Waals surface area contributed by atoms with Crippen LogP contribution >= 0.6 is 27.3 Å². The average Bonchev–Trinajstić information content (AvgIpc) is 3.38. The molecule has 29 heavy (non-hydrogen) atoms. The van der Waals surface area contributed by atoms with Crippen molar-refractivity contribution in [2.45, 2.75) is 64.3 Å². The summed E-state index contributed by atoms with van der Waals surface area (Å²) in [6.07, 6.45) is 7.65. The van der Waals surface area contributed by atoms with Crippen molar-refractivity contribution in [1.29, 1.82) is 0 Å². The molecule has 0 spiro atoms. The minimum absolute atomic E-state index is 0.0898. The fourth-order valence-corrected chi connectivity index (χ4v) is 4.55. The number of hydrogen-bond acceptors (Lipinski definition) is 5. The molecule has 3 rings (SSSR count). The number of unbranched alkanes of at least 4 members (excludes halogenated alkanes) is 4. The van der Waals surface area contributed by atoms with Crippen molar-refractivity contribution < 1.29 is 9.59 Å². The van der Waals surface area contributed by atoms with Crippen LogP contribution in [0.5, 0.6) is 0 Å². The van der Waals surface area contributed by atoms with Crippen LogP contribution < -0.4 is 5.32 Å². The van der Waals surface area contributed by atoms with Gasteiger partial charge in [0, 0.05) is 23.0 Å². The maximum atomic E-state index is 12.8. The number of amides is 2. The fourth-order valence-electron chi connectivity index (χ4n) is 3.53. The second-order valence-electron chi connectivity index (χ2n) is 7.32. The van der Waals surface area contributed by atoms with E-state index in [-0.39, 0.29) is 11.8 Å². The summed E-state index contributed by atoms with van der Waals surface area (Å²) in [5, 5.41) is 12.3. The lowest BCUT2D eigenvalue weighted by Gasteiger charge is -2.23. The summed E-state index contributed by atoms with van der Waals surface area (Å²) >= 11 is 4.75. The average molecular weight is 479 g/mol. The Hall–Kier alpha value is -1.80. The molecule has 1 atom stereocenters. The van der Waals surface area contributed by atoms with E-state index >= 15 is 0 Å². The van der Waals surface area contributed by atoms with Gasteiger partial charge in [0.2, 0.25) is 16.9 Å². The van der Waals surface area contributed by atoms with Crippen molar-refractivity contribution >= 4 is 44.2 Å². The Morgan fingerprint density at radius 1 is 1.17 bits per heavy atom. The van der Waals surface area contributed by atoms with E-state index in [0.717, 1.165) is 34.3 Å². The van der Waals surface area contributed by atoms with Crippen LogP contribution in [0.3, 0.4) is 0 Å². The van der Waals surface area contributed by atoms with Gasteiger partial charge in [-0.2, -0.15) is 0 Å². The Morgan fingerprint density at radius 2 is 1.93 bits per heavy atom. The van der Waals surface area contributed by atoms with Crippen molar-refractivity contribution in [3.05, 3.63) is 28.7 Å².